The number of nitrogens with one attached hydrogen (secondary N) is 2. The van der Waals surface area contributed by atoms with Crippen molar-refractivity contribution >= 4 is 17.6 Å². The van der Waals surface area contributed by atoms with Crippen LogP contribution in [-0.2, 0) is 16.1 Å². The number of anilines is 2. The van der Waals surface area contributed by atoms with Crippen molar-refractivity contribution in [2.75, 3.05) is 31.6 Å². The van der Waals surface area contributed by atoms with Crippen molar-refractivity contribution in [3.05, 3.63) is 102 Å². The van der Waals surface area contributed by atoms with E-state index in [1.807, 2.05) is 99.6 Å². The highest BCUT2D eigenvalue weighted by molar-refractivity contribution is 5.78. The number of rotatable bonds is 14. The van der Waals surface area contributed by atoms with Crippen LogP contribution < -0.4 is 15.4 Å². The van der Waals surface area contributed by atoms with Crippen LogP contribution in [0.4, 0.5) is 11.6 Å². The van der Waals surface area contributed by atoms with E-state index in [9.17, 15) is 4.79 Å². The van der Waals surface area contributed by atoms with Crippen molar-refractivity contribution in [2.24, 2.45) is 0 Å². The SMILES string of the molecule is CCN(CC)CCOc1ccc(Nc2ncc(-c3ccc(CNC(C(=O)OC(C)(C)C)c4ccccc4)cc3)cn2)cc1. The molecule has 8 heteroatoms. The summed E-state index contributed by atoms with van der Waals surface area (Å²) in [7, 11) is 0. The van der Waals surface area contributed by atoms with E-state index in [-0.39, 0.29) is 5.97 Å². The molecule has 4 rings (SSSR count). The zero-order valence-electron chi connectivity index (χ0n) is 25.8. The molecule has 0 aliphatic carbocycles. The molecule has 2 N–H and O–H groups in total. The predicted octanol–water partition coefficient (Wildman–Crippen LogP) is 6.78. The highest BCUT2D eigenvalue weighted by atomic mass is 16.6. The summed E-state index contributed by atoms with van der Waals surface area (Å²) in [5, 5.41) is 6.61. The number of hydrogen-bond donors (Lipinski definition) is 2. The van der Waals surface area contributed by atoms with Crippen LogP contribution in [-0.4, -0.2) is 52.7 Å². The summed E-state index contributed by atoms with van der Waals surface area (Å²) < 4.78 is 11.5. The Balaban J connectivity index is 1.31. The van der Waals surface area contributed by atoms with Gasteiger partial charge in [-0.15, -0.1) is 0 Å². The van der Waals surface area contributed by atoms with E-state index in [2.05, 4.69) is 39.3 Å². The van der Waals surface area contributed by atoms with Gasteiger partial charge in [-0.2, -0.15) is 0 Å². The van der Waals surface area contributed by atoms with E-state index in [4.69, 9.17) is 9.47 Å². The molecule has 43 heavy (non-hydrogen) atoms. The first-order chi connectivity index (χ1) is 20.7. The largest absolute Gasteiger partial charge is 0.492 e. The monoisotopic (exact) mass is 581 g/mol. The maximum atomic E-state index is 12.9. The molecule has 1 aromatic heterocycles. The second-order valence-corrected chi connectivity index (χ2v) is 11.3. The van der Waals surface area contributed by atoms with Gasteiger partial charge in [0.25, 0.3) is 0 Å². The Hall–Kier alpha value is -4.27. The lowest BCUT2D eigenvalue weighted by Gasteiger charge is -2.25. The Morgan fingerprint density at radius 2 is 1.51 bits per heavy atom. The number of benzene rings is 3. The molecule has 1 atom stereocenters. The quantitative estimate of drug-likeness (QED) is 0.158. The van der Waals surface area contributed by atoms with Gasteiger partial charge in [0.15, 0.2) is 0 Å². The Kier molecular flexibility index (Phi) is 11.2. The summed E-state index contributed by atoms with van der Waals surface area (Å²) in [4.78, 5) is 24.3. The van der Waals surface area contributed by atoms with Crippen LogP contribution in [0, 0.1) is 0 Å². The van der Waals surface area contributed by atoms with E-state index in [0.717, 1.165) is 53.3 Å². The number of carbonyl (C=O) groups is 1. The number of likely N-dealkylation sites (N-methyl/N-ethyl adjacent to an activating group) is 1. The lowest BCUT2D eigenvalue weighted by atomic mass is 10.0. The average Bonchev–Trinajstić information content (AvgIpc) is 3.01. The topological polar surface area (TPSA) is 88.6 Å². The molecule has 1 unspecified atom stereocenters. The molecule has 0 saturated heterocycles. The van der Waals surface area contributed by atoms with Gasteiger partial charge in [-0.25, -0.2) is 14.8 Å². The molecule has 3 aromatic carbocycles. The van der Waals surface area contributed by atoms with Crippen LogP contribution in [0.5, 0.6) is 5.75 Å². The predicted molar refractivity (Wildman–Crippen MR) is 172 cm³/mol. The number of aromatic nitrogens is 2. The fourth-order valence-electron chi connectivity index (χ4n) is 4.52. The van der Waals surface area contributed by atoms with Gasteiger partial charge >= 0.3 is 5.97 Å². The van der Waals surface area contributed by atoms with Gasteiger partial charge in [-0.3, -0.25) is 5.32 Å². The lowest BCUT2D eigenvalue weighted by molar-refractivity contribution is -0.157. The van der Waals surface area contributed by atoms with Crippen molar-refractivity contribution < 1.29 is 14.3 Å². The molecule has 0 aliphatic rings. The summed E-state index contributed by atoms with van der Waals surface area (Å²) in [5.41, 5.74) is 4.17. The van der Waals surface area contributed by atoms with E-state index in [1.165, 1.54) is 0 Å². The minimum Gasteiger partial charge on any atom is -0.492 e. The van der Waals surface area contributed by atoms with Crippen LogP contribution in [0.15, 0.2) is 91.3 Å². The molecule has 0 saturated carbocycles. The number of nitrogens with zero attached hydrogens (tertiary/aromatic N) is 3. The van der Waals surface area contributed by atoms with Gasteiger partial charge < -0.3 is 19.7 Å². The Labute approximate surface area is 255 Å². The van der Waals surface area contributed by atoms with E-state index in [0.29, 0.717) is 19.1 Å². The van der Waals surface area contributed by atoms with Crippen molar-refractivity contribution in [2.45, 2.75) is 52.8 Å². The maximum absolute atomic E-state index is 12.9. The molecule has 0 spiro atoms. The van der Waals surface area contributed by atoms with Crippen molar-refractivity contribution in [3.8, 4) is 16.9 Å². The van der Waals surface area contributed by atoms with Gasteiger partial charge in [0.1, 0.15) is 24.0 Å². The van der Waals surface area contributed by atoms with Crippen LogP contribution in [0.3, 0.4) is 0 Å². The van der Waals surface area contributed by atoms with Gasteiger partial charge in [0.05, 0.1) is 0 Å². The van der Waals surface area contributed by atoms with Gasteiger partial charge in [-0.1, -0.05) is 68.4 Å². The maximum Gasteiger partial charge on any atom is 0.328 e. The van der Waals surface area contributed by atoms with Crippen LogP contribution in [0.25, 0.3) is 11.1 Å². The summed E-state index contributed by atoms with van der Waals surface area (Å²) in [6, 6.07) is 25.1. The van der Waals surface area contributed by atoms with Gasteiger partial charge in [0.2, 0.25) is 5.95 Å². The second-order valence-electron chi connectivity index (χ2n) is 11.3. The average molecular weight is 582 g/mol. The Bertz CT molecular complexity index is 1400. The highest BCUT2D eigenvalue weighted by Crippen LogP contribution is 2.23. The molecule has 226 valence electrons. The third kappa shape index (κ3) is 9.91. The van der Waals surface area contributed by atoms with Crippen LogP contribution in [0.2, 0.25) is 0 Å². The molecule has 8 nitrogen and oxygen atoms in total. The first-order valence-corrected chi connectivity index (χ1v) is 14.9. The zero-order valence-corrected chi connectivity index (χ0v) is 25.8. The van der Waals surface area contributed by atoms with E-state index in [1.54, 1.807) is 12.4 Å². The minimum absolute atomic E-state index is 0.295. The van der Waals surface area contributed by atoms with Crippen LogP contribution >= 0.6 is 0 Å². The fourth-order valence-corrected chi connectivity index (χ4v) is 4.52. The summed E-state index contributed by atoms with van der Waals surface area (Å²) in [5.74, 6) is 1.07. The van der Waals surface area contributed by atoms with Gasteiger partial charge in [0, 0.05) is 36.7 Å². The summed E-state index contributed by atoms with van der Waals surface area (Å²) in [6.45, 7) is 14.1. The Morgan fingerprint density at radius 1 is 0.860 bits per heavy atom. The minimum atomic E-state index is -0.564. The summed E-state index contributed by atoms with van der Waals surface area (Å²) in [6.07, 6.45) is 3.61. The highest BCUT2D eigenvalue weighted by Gasteiger charge is 2.26. The first kappa shape index (κ1) is 31.7. The molecule has 0 radical (unpaired) electrons. The normalized spacial score (nSPS) is 12.1. The molecular weight excluding hydrogens is 538 g/mol. The first-order valence-electron chi connectivity index (χ1n) is 14.9. The zero-order chi connectivity index (χ0) is 30.7. The van der Waals surface area contributed by atoms with E-state index < -0.39 is 11.6 Å². The van der Waals surface area contributed by atoms with Crippen molar-refractivity contribution in [1.29, 1.82) is 0 Å². The molecule has 0 aliphatic heterocycles. The second kappa shape index (κ2) is 15.3. The number of hydrogen-bond acceptors (Lipinski definition) is 8. The molecule has 4 aromatic rings. The fraction of sp³-hybridized carbons (Fsp3) is 0.343. The van der Waals surface area contributed by atoms with Crippen LogP contribution in [0.1, 0.15) is 51.8 Å². The van der Waals surface area contributed by atoms with E-state index >= 15 is 0 Å². The third-order valence-corrected chi connectivity index (χ3v) is 6.91. The standard InChI is InChI=1S/C35H43N5O3/c1-6-40(7-2)21-22-42-31-19-17-30(18-20-31)39-34-37-24-29(25-38-34)27-15-13-26(14-16-27)23-36-32(28-11-9-8-10-12-28)33(41)43-35(3,4)5/h8-20,24-25,32,36H,6-7,21-23H2,1-5H3,(H,37,38,39). The van der Waals surface area contributed by atoms with Crippen molar-refractivity contribution in [3.63, 3.8) is 0 Å². The number of esters is 1. The smallest absolute Gasteiger partial charge is 0.328 e. The molecule has 0 amide bonds. The molecule has 0 fully saturated rings. The molecule has 1 heterocycles. The molecular formula is C35H43N5O3. The lowest BCUT2D eigenvalue weighted by Crippen LogP contribution is -2.34. The number of carbonyl (C=O) groups excluding carboxylic acids is 1. The Morgan fingerprint density at radius 3 is 2.12 bits per heavy atom. The number of ether oxygens (including phenoxy) is 2. The van der Waals surface area contributed by atoms with Gasteiger partial charge in [-0.05, 0) is 74.8 Å². The summed E-state index contributed by atoms with van der Waals surface area (Å²) >= 11 is 0. The molecule has 0 bridgehead atoms. The third-order valence-electron chi connectivity index (χ3n) is 6.91. The van der Waals surface area contributed by atoms with Crippen molar-refractivity contribution in [1.82, 2.24) is 20.2 Å².